The van der Waals surface area contributed by atoms with E-state index in [4.69, 9.17) is 4.74 Å². The molecule has 2 nitrogen and oxygen atoms in total. The maximum Gasteiger partial charge on any atom is 0.119 e. The van der Waals surface area contributed by atoms with E-state index in [1.807, 2.05) is 26.1 Å². The maximum absolute atomic E-state index is 5.54. The fourth-order valence-corrected chi connectivity index (χ4v) is 2.06. The predicted molar refractivity (Wildman–Crippen MR) is 80.5 cm³/mol. The van der Waals surface area contributed by atoms with E-state index in [9.17, 15) is 0 Å². The largest absolute Gasteiger partial charge is 0.494 e. The second kappa shape index (κ2) is 6.39. The van der Waals surface area contributed by atoms with Crippen LogP contribution in [0.4, 0.5) is 0 Å². The highest BCUT2D eigenvalue weighted by molar-refractivity contribution is 5.65. The van der Waals surface area contributed by atoms with Gasteiger partial charge in [0.15, 0.2) is 0 Å². The van der Waals surface area contributed by atoms with Crippen LogP contribution in [0.25, 0.3) is 11.1 Å². The van der Waals surface area contributed by atoms with Crippen LogP contribution in [0.2, 0.25) is 0 Å². The van der Waals surface area contributed by atoms with Gasteiger partial charge >= 0.3 is 0 Å². The molecule has 0 aliphatic carbocycles. The van der Waals surface area contributed by atoms with E-state index in [0.717, 1.165) is 5.75 Å². The Kier molecular flexibility index (Phi) is 4.58. The van der Waals surface area contributed by atoms with Gasteiger partial charge in [0.1, 0.15) is 5.75 Å². The highest BCUT2D eigenvalue weighted by Crippen LogP contribution is 2.25. The van der Waals surface area contributed by atoms with Crippen molar-refractivity contribution in [3.05, 3.63) is 54.1 Å². The van der Waals surface area contributed by atoms with Crippen molar-refractivity contribution in [2.24, 2.45) is 0 Å². The van der Waals surface area contributed by atoms with Gasteiger partial charge in [0.2, 0.25) is 0 Å². The van der Waals surface area contributed by atoms with Crippen molar-refractivity contribution >= 4 is 0 Å². The summed E-state index contributed by atoms with van der Waals surface area (Å²) in [6.45, 7) is 4.85. The van der Waals surface area contributed by atoms with Crippen LogP contribution in [0.3, 0.4) is 0 Å². The summed E-state index contributed by atoms with van der Waals surface area (Å²) in [6.07, 6.45) is 0. The molecule has 2 aromatic rings. The van der Waals surface area contributed by atoms with Crippen molar-refractivity contribution in [2.75, 3.05) is 13.7 Å². The molecule has 2 heteroatoms. The molecule has 0 bridgehead atoms. The Hall–Kier alpha value is -1.80. The lowest BCUT2D eigenvalue weighted by molar-refractivity contribution is 0.340. The molecule has 19 heavy (non-hydrogen) atoms. The monoisotopic (exact) mass is 255 g/mol. The first kappa shape index (κ1) is 13.6. The van der Waals surface area contributed by atoms with Crippen molar-refractivity contribution in [1.29, 1.82) is 0 Å². The molecule has 0 fully saturated rings. The molecule has 2 rings (SSSR count). The third-order valence-electron chi connectivity index (χ3n) is 3.32. The van der Waals surface area contributed by atoms with Gasteiger partial charge < -0.3 is 10.1 Å². The predicted octanol–water partition coefficient (Wildman–Crippen LogP) is 4.03. The minimum atomic E-state index is 0.379. The van der Waals surface area contributed by atoms with Crippen LogP contribution in [0.1, 0.15) is 25.5 Å². The van der Waals surface area contributed by atoms with Crippen molar-refractivity contribution in [1.82, 2.24) is 5.32 Å². The van der Waals surface area contributed by atoms with Crippen LogP contribution < -0.4 is 10.1 Å². The molecule has 1 atom stereocenters. The molecule has 1 unspecified atom stereocenters. The smallest absolute Gasteiger partial charge is 0.119 e. The van der Waals surface area contributed by atoms with Gasteiger partial charge in [-0.3, -0.25) is 0 Å². The molecule has 100 valence electrons. The molecule has 0 saturated carbocycles. The minimum absolute atomic E-state index is 0.379. The SMILES string of the molecule is CCOc1cccc(-c2ccc(C(C)NC)cc2)c1. The lowest BCUT2D eigenvalue weighted by atomic mass is 10.0. The molecule has 0 aromatic heterocycles. The normalized spacial score (nSPS) is 12.2. The van der Waals surface area contributed by atoms with Crippen LogP contribution in [0.5, 0.6) is 5.75 Å². The molecule has 0 aliphatic rings. The van der Waals surface area contributed by atoms with Crippen LogP contribution >= 0.6 is 0 Å². The average Bonchev–Trinajstić information content (AvgIpc) is 2.47. The number of rotatable bonds is 5. The minimum Gasteiger partial charge on any atom is -0.494 e. The molecule has 2 aromatic carbocycles. The summed E-state index contributed by atoms with van der Waals surface area (Å²) in [5, 5.41) is 3.25. The summed E-state index contributed by atoms with van der Waals surface area (Å²) >= 11 is 0. The van der Waals surface area contributed by atoms with Gasteiger partial charge in [0.05, 0.1) is 6.61 Å². The molecule has 0 saturated heterocycles. The fourth-order valence-electron chi connectivity index (χ4n) is 2.06. The topological polar surface area (TPSA) is 21.3 Å². The van der Waals surface area contributed by atoms with E-state index in [1.54, 1.807) is 0 Å². The zero-order valence-electron chi connectivity index (χ0n) is 11.8. The van der Waals surface area contributed by atoms with E-state index in [-0.39, 0.29) is 0 Å². The second-order valence-electron chi connectivity index (χ2n) is 4.59. The quantitative estimate of drug-likeness (QED) is 0.871. The summed E-state index contributed by atoms with van der Waals surface area (Å²) in [5.74, 6) is 0.924. The van der Waals surface area contributed by atoms with Crippen molar-refractivity contribution in [3.63, 3.8) is 0 Å². The first-order valence-corrected chi connectivity index (χ1v) is 6.75. The van der Waals surface area contributed by atoms with Gasteiger partial charge in [0, 0.05) is 6.04 Å². The van der Waals surface area contributed by atoms with Crippen LogP contribution in [-0.2, 0) is 0 Å². The third kappa shape index (κ3) is 3.36. The lowest BCUT2D eigenvalue weighted by Crippen LogP contribution is -2.11. The zero-order chi connectivity index (χ0) is 13.7. The number of nitrogens with one attached hydrogen (secondary N) is 1. The highest BCUT2D eigenvalue weighted by Gasteiger charge is 2.03. The molecule has 1 N–H and O–H groups in total. The summed E-state index contributed by atoms with van der Waals surface area (Å²) in [6, 6.07) is 17.3. The van der Waals surface area contributed by atoms with E-state index < -0.39 is 0 Å². The number of hydrogen-bond acceptors (Lipinski definition) is 2. The standard InChI is InChI=1S/C17H21NO/c1-4-19-17-7-5-6-16(12-17)15-10-8-14(9-11-15)13(2)18-3/h5-13,18H,4H2,1-3H3. The molecule has 0 spiro atoms. The maximum atomic E-state index is 5.54. The fraction of sp³-hybridized carbons (Fsp3) is 0.294. The van der Waals surface area contributed by atoms with E-state index >= 15 is 0 Å². The Morgan fingerprint density at radius 1 is 1.05 bits per heavy atom. The average molecular weight is 255 g/mol. The van der Waals surface area contributed by atoms with E-state index in [0.29, 0.717) is 12.6 Å². The van der Waals surface area contributed by atoms with Gasteiger partial charge in [0.25, 0.3) is 0 Å². The highest BCUT2D eigenvalue weighted by atomic mass is 16.5. The molecular formula is C17H21NO. The van der Waals surface area contributed by atoms with Gasteiger partial charge in [-0.25, -0.2) is 0 Å². The van der Waals surface area contributed by atoms with Crippen molar-refractivity contribution in [3.8, 4) is 16.9 Å². The van der Waals surface area contributed by atoms with Crippen LogP contribution in [-0.4, -0.2) is 13.7 Å². The molecule has 0 heterocycles. The van der Waals surface area contributed by atoms with Gasteiger partial charge in [-0.05, 0) is 49.7 Å². The molecule has 0 radical (unpaired) electrons. The molecule has 0 aliphatic heterocycles. The third-order valence-corrected chi connectivity index (χ3v) is 3.32. The van der Waals surface area contributed by atoms with Crippen LogP contribution in [0.15, 0.2) is 48.5 Å². The van der Waals surface area contributed by atoms with Gasteiger partial charge in [-0.2, -0.15) is 0 Å². The summed E-state index contributed by atoms with van der Waals surface area (Å²) in [4.78, 5) is 0. The Morgan fingerprint density at radius 2 is 1.79 bits per heavy atom. The van der Waals surface area contributed by atoms with Gasteiger partial charge in [-0.15, -0.1) is 0 Å². The second-order valence-corrected chi connectivity index (χ2v) is 4.59. The lowest BCUT2D eigenvalue weighted by Gasteiger charge is -2.11. The summed E-state index contributed by atoms with van der Waals surface area (Å²) in [7, 11) is 1.98. The number of benzene rings is 2. The first-order chi connectivity index (χ1) is 9.24. The zero-order valence-corrected chi connectivity index (χ0v) is 11.8. The van der Waals surface area contributed by atoms with Crippen molar-refractivity contribution in [2.45, 2.75) is 19.9 Å². The Morgan fingerprint density at radius 3 is 2.42 bits per heavy atom. The number of ether oxygens (including phenoxy) is 1. The summed E-state index contributed by atoms with van der Waals surface area (Å²) < 4.78 is 5.54. The summed E-state index contributed by atoms with van der Waals surface area (Å²) in [5.41, 5.74) is 3.70. The Balaban J connectivity index is 2.24. The first-order valence-electron chi connectivity index (χ1n) is 6.75. The molecule has 0 amide bonds. The van der Waals surface area contributed by atoms with E-state index in [2.05, 4.69) is 48.6 Å². The molecular weight excluding hydrogens is 234 g/mol. The Labute approximate surface area is 115 Å². The van der Waals surface area contributed by atoms with Gasteiger partial charge in [-0.1, -0.05) is 36.4 Å². The van der Waals surface area contributed by atoms with Crippen molar-refractivity contribution < 1.29 is 4.74 Å². The van der Waals surface area contributed by atoms with E-state index in [1.165, 1.54) is 16.7 Å². The number of hydrogen-bond donors (Lipinski definition) is 1. The van der Waals surface area contributed by atoms with Crippen LogP contribution in [0, 0.1) is 0 Å². The Bertz CT molecular complexity index is 519.